The first-order valence-electron chi connectivity index (χ1n) is 9.69. The normalized spacial score (nSPS) is 10.3. The molecule has 0 fully saturated rings. The lowest BCUT2D eigenvalue weighted by atomic mass is 10.1. The highest BCUT2D eigenvalue weighted by Gasteiger charge is 2.08. The molecule has 0 atom stereocenters. The summed E-state index contributed by atoms with van der Waals surface area (Å²) in [6.45, 7) is 6.45. The molecular weight excluding hydrogens is 368 g/mol. The molecule has 7 nitrogen and oxygen atoms in total. The maximum absolute atomic E-state index is 12.2. The van der Waals surface area contributed by atoms with E-state index in [9.17, 15) is 14.4 Å². The Morgan fingerprint density at radius 2 is 1.48 bits per heavy atom. The summed E-state index contributed by atoms with van der Waals surface area (Å²) in [7, 11) is 0. The van der Waals surface area contributed by atoms with Crippen LogP contribution in [-0.2, 0) is 9.59 Å². The summed E-state index contributed by atoms with van der Waals surface area (Å²) in [5, 5.41) is 11.4. The maximum Gasteiger partial charge on any atom is 0.251 e. The largest absolute Gasteiger partial charge is 0.376 e. The van der Waals surface area contributed by atoms with Gasteiger partial charge in [0.05, 0.1) is 6.54 Å². The Hall–Kier alpha value is -3.35. The quantitative estimate of drug-likeness (QED) is 0.521. The fourth-order valence-electron chi connectivity index (χ4n) is 2.64. The fourth-order valence-corrected chi connectivity index (χ4v) is 2.64. The zero-order chi connectivity index (χ0) is 21.2. The standard InChI is InChI=1S/C22H28N4O3/c1-4-23-22(29)16-6-5-7-19(13-16)24-14-21(28)26-18-10-8-17(9-11-18)25-20(27)12-15(2)3/h5-11,13,15,24H,4,12,14H2,1-3H3,(H,23,29)(H,25,27)(H,26,28). The van der Waals surface area contributed by atoms with Crippen molar-refractivity contribution in [2.24, 2.45) is 5.92 Å². The van der Waals surface area contributed by atoms with Gasteiger partial charge in [0.15, 0.2) is 0 Å². The molecule has 0 radical (unpaired) electrons. The number of hydrogen-bond acceptors (Lipinski definition) is 4. The average molecular weight is 396 g/mol. The van der Waals surface area contributed by atoms with Crippen molar-refractivity contribution in [1.29, 1.82) is 0 Å². The third-order valence-electron chi connectivity index (χ3n) is 3.96. The van der Waals surface area contributed by atoms with Crippen LogP contribution in [-0.4, -0.2) is 30.8 Å². The Bertz CT molecular complexity index is 847. The highest BCUT2D eigenvalue weighted by atomic mass is 16.2. The molecule has 3 amide bonds. The molecule has 2 rings (SSSR count). The molecule has 154 valence electrons. The third kappa shape index (κ3) is 7.65. The van der Waals surface area contributed by atoms with Crippen molar-refractivity contribution in [1.82, 2.24) is 5.32 Å². The van der Waals surface area contributed by atoms with Gasteiger partial charge in [-0.3, -0.25) is 14.4 Å². The predicted octanol–water partition coefficient (Wildman–Crippen LogP) is 3.47. The predicted molar refractivity (Wildman–Crippen MR) is 116 cm³/mol. The number of rotatable bonds is 9. The number of anilines is 3. The minimum Gasteiger partial charge on any atom is -0.376 e. The molecule has 0 heterocycles. The minimum absolute atomic E-state index is 0.0316. The Morgan fingerprint density at radius 3 is 2.07 bits per heavy atom. The van der Waals surface area contributed by atoms with Crippen LogP contribution in [0.4, 0.5) is 17.1 Å². The molecule has 0 saturated heterocycles. The number of hydrogen-bond donors (Lipinski definition) is 4. The van der Waals surface area contributed by atoms with Gasteiger partial charge in [0.1, 0.15) is 0 Å². The van der Waals surface area contributed by atoms with Crippen molar-refractivity contribution >= 4 is 34.8 Å². The molecule has 2 aromatic carbocycles. The van der Waals surface area contributed by atoms with Crippen molar-refractivity contribution < 1.29 is 14.4 Å². The molecule has 4 N–H and O–H groups in total. The van der Waals surface area contributed by atoms with Crippen molar-refractivity contribution in [2.75, 3.05) is 29.0 Å². The Labute approximate surface area is 171 Å². The van der Waals surface area contributed by atoms with E-state index in [0.717, 1.165) is 0 Å². The SMILES string of the molecule is CCNC(=O)c1cccc(NCC(=O)Nc2ccc(NC(=O)CC(C)C)cc2)c1. The lowest BCUT2D eigenvalue weighted by molar-refractivity contribution is -0.117. The van der Waals surface area contributed by atoms with Crippen LogP contribution in [0.2, 0.25) is 0 Å². The van der Waals surface area contributed by atoms with Gasteiger partial charge in [-0.25, -0.2) is 0 Å². The zero-order valence-corrected chi connectivity index (χ0v) is 17.0. The Morgan fingerprint density at radius 1 is 0.862 bits per heavy atom. The van der Waals surface area contributed by atoms with Crippen LogP contribution in [0.1, 0.15) is 37.6 Å². The topological polar surface area (TPSA) is 99.3 Å². The first-order chi connectivity index (χ1) is 13.9. The lowest BCUT2D eigenvalue weighted by Gasteiger charge is -2.10. The number of carbonyl (C=O) groups excluding carboxylic acids is 3. The van der Waals surface area contributed by atoms with E-state index in [1.54, 1.807) is 48.5 Å². The summed E-state index contributed by atoms with van der Waals surface area (Å²) in [4.78, 5) is 35.8. The molecule has 0 aliphatic heterocycles. The fraction of sp³-hybridized carbons (Fsp3) is 0.318. The summed E-state index contributed by atoms with van der Waals surface area (Å²) >= 11 is 0. The highest BCUT2D eigenvalue weighted by molar-refractivity contribution is 5.96. The molecule has 0 unspecified atom stereocenters. The first kappa shape index (κ1) is 21.9. The average Bonchev–Trinajstić information content (AvgIpc) is 2.68. The molecule has 0 aromatic heterocycles. The van der Waals surface area contributed by atoms with Crippen LogP contribution < -0.4 is 21.3 Å². The number of carbonyl (C=O) groups is 3. The highest BCUT2D eigenvalue weighted by Crippen LogP contribution is 2.15. The van der Waals surface area contributed by atoms with Crippen molar-refractivity contribution in [2.45, 2.75) is 27.2 Å². The van der Waals surface area contributed by atoms with Gasteiger partial charge in [-0.2, -0.15) is 0 Å². The molecule has 0 aliphatic carbocycles. The monoisotopic (exact) mass is 396 g/mol. The van der Waals surface area contributed by atoms with Crippen LogP contribution >= 0.6 is 0 Å². The van der Waals surface area contributed by atoms with Gasteiger partial charge >= 0.3 is 0 Å². The summed E-state index contributed by atoms with van der Waals surface area (Å²) in [5.74, 6) is -0.107. The van der Waals surface area contributed by atoms with E-state index in [1.165, 1.54) is 0 Å². The van der Waals surface area contributed by atoms with Gasteiger partial charge in [0.2, 0.25) is 11.8 Å². The van der Waals surface area contributed by atoms with Crippen LogP contribution in [0.3, 0.4) is 0 Å². The summed E-state index contributed by atoms with van der Waals surface area (Å²) in [5.41, 5.74) is 2.54. The van der Waals surface area contributed by atoms with E-state index in [4.69, 9.17) is 0 Å². The Kier molecular flexibility index (Phi) is 8.21. The summed E-state index contributed by atoms with van der Waals surface area (Å²) in [6, 6.07) is 13.9. The van der Waals surface area contributed by atoms with E-state index >= 15 is 0 Å². The third-order valence-corrected chi connectivity index (χ3v) is 3.96. The number of nitrogens with one attached hydrogen (secondary N) is 4. The van der Waals surface area contributed by atoms with Gasteiger partial charge in [-0.1, -0.05) is 19.9 Å². The first-order valence-corrected chi connectivity index (χ1v) is 9.69. The molecule has 2 aromatic rings. The van der Waals surface area contributed by atoms with Crippen LogP contribution in [0.5, 0.6) is 0 Å². The lowest BCUT2D eigenvalue weighted by Crippen LogP contribution is -2.23. The van der Waals surface area contributed by atoms with E-state index in [0.29, 0.717) is 41.5 Å². The van der Waals surface area contributed by atoms with Crippen LogP contribution in [0.25, 0.3) is 0 Å². The van der Waals surface area contributed by atoms with Gasteiger partial charge < -0.3 is 21.3 Å². The van der Waals surface area contributed by atoms with Crippen LogP contribution in [0.15, 0.2) is 48.5 Å². The van der Waals surface area contributed by atoms with Gasteiger partial charge in [0, 0.05) is 35.6 Å². The zero-order valence-electron chi connectivity index (χ0n) is 17.0. The van der Waals surface area contributed by atoms with Crippen molar-refractivity contribution in [3.05, 3.63) is 54.1 Å². The van der Waals surface area contributed by atoms with Gasteiger partial charge in [-0.15, -0.1) is 0 Å². The molecule has 0 aliphatic rings. The molecular formula is C22H28N4O3. The van der Waals surface area contributed by atoms with E-state index in [-0.39, 0.29) is 24.3 Å². The molecule has 0 spiro atoms. The van der Waals surface area contributed by atoms with Gasteiger partial charge in [-0.05, 0) is 55.3 Å². The smallest absolute Gasteiger partial charge is 0.251 e. The Balaban J connectivity index is 1.84. The number of benzene rings is 2. The second-order valence-corrected chi connectivity index (χ2v) is 7.07. The van der Waals surface area contributed by atoms with E-state index in [1.807, 2.05) is 20.8 Å². The second kappa shape index (κ2) is 10.8. The van der Waals surface area contributed by atoms with E-state index < -0.39 is 0 Å². The minimum atomic E-state index is -0.218. The molecule has 0 bridgehead atoms. The second-order valence-electron chi connectivity index (χ2n) is 7.07. The maximum atomic E-state index is 12.2. The molecule has 7 heteroatoms. The van der Waals surface area contributed by atoms with Crippen molar-refractivity contribution in [3.8, 4) is 0 Å². The summed E-state index contributed by atoms with van der Waals surface area (Å²) in [6.07, 6.45) is 0.464. The molecule has 0 saturated carbocycles. The van der Waals surface area contributed by atoms with Crippen LogP contribution in [0, 0.1) is 5.92 Å². The molecule has 29 heavy (non-hydrogen) atoms. The van der Waals surface area contributed by atoms with Gasteiger partial charge in [0.25, 0.3) is 5.91 Å². The summed E-state index contributed by atoms with van der Waals surface area (Å²) < 4.78 is 0. The number of amides is 3. The van der Waals surface area contributed by atoms with E-state index in [2.05, 4.69) is 21.3 Å². The van der Waals surface area contributed by atoms with Crippen molar-refractivity contribution in [3.63, 3.8) is 0 Å².